The van der Waals surface area contributed by atoms with Crippen LogP contribution in [0.15, 0.2) is 35.3 Å². The number of nitrogens with zero attached hydrogens (tertiary/aromatic N) is 1. The largest absolute Gasteiger partial charge is 0.328 e. The summed E-state index contributed by atoms with van der Waals surface area (Å²) in [5, 5.41) is 0.645. The van der Waals surface area contributed by atoms with E-state index in [0.717, 1.165) is 44.3 Å². The molecular weight excluding hydrogens is 376 g/mol. The quantitative estimate of drug-likeness (QED) is 0.697. The van der Waals surface area contributed by atoms with Crippen LogP contribution in [0.4, 0.5) is 0 Å². The minimum Gasteiger partial charge on any atom is -0.328 e. The molecule has 1 aromatic rings. The Morgan fingerprint density at radius 3 is 2.66 bits per heavy atom. The second kappa shape index (κ2) is 7.53. The van der Waals surface area contributed by atoms with Crippen LogP contribution in [-0.2, 0) is 10.2 Å². The van der Waals surface area contributed by atoms with Gasteiger partial charge in [0.15, 0.2) is 0 Å². The SMILES string of the molecule is CCSC1C2CC3(c4ccccc4)CC1C(C(=O)N=CC1CCC(N)CC1)(C2)C3. The zero-order chi connectivity index (χ0) is 20.1. The van der Waals surface area contributed by atoms with Crippen LogP contribution in [0, 0.1) is 23.2 Å². The van der Waals surface area contributed by atoms with Gasteiger partial charge in [0.1, 0.15) is 0 Å². The van der Waals surface area contributed by atoms with Gasteiger partial charge in [0.05, 0.1) is 5.41 Å². The first kappa shape index (κ1) is 19.8. The number of thioether (sulfide) groups is 1. The van der Waals surface area contributed by atoms with Gasteiger partial charge in [-0.25, -0.2) is 4.99 Å². The Kier molecular flexibility index (Phi) is 5.14. The van der Waals surface area contributed by atoms with Crippen molar-refractivity contribution in [2.24, 2.45) is 33.9 Å². The van der Waals surface area contributed by atoms with Crippen molar-refractivity contribution in [3.8, 4) is 0 Å². The monoisotopic (exact) mass is 410 g/mol. The van der Waals surface area contributed by atoms with Crippen LogP contribution >= 0.6 is 11.8 Å². The standard InChI is InChI=1S/C25H34N2OS/c1-2-29-22-18-12-24(19-6-4-3-5-7-19)14-21(22)25(13-18,16-24)23(28)27-15-17-8-10-20(26)11-9-17/h3-7,15,17-18,20-22H,2,8-14,16,26H2,1H3. The van der Waals surface area contributed by atoms with E-state index in [-0.39, 0.29) is 16.7 Å². The van der Waals surface area contributed by atoms with Gasteiger partial charge in [0, 0.05) is 17.5 Å². The first-order valence-corrected chi connectivity index (χ1v) is 12.6. The Morgan fingerprint density at radius 1 is 1.17 bits per heavy atom. The van der Waals surface area contributed by atoms with Gasteiger partial charge < -0.3 is 5.73 Å². The van der Waals surface area contributed by atoms with Crippen LogP contribution < -0.4 is 5.73 Å². The minimum atomic E-state index is -0.215. The molecule has 0 spiro atoms. The van der Waals surface area contributed by atoms with Crippen LogP contribution in [0.1, 0.15) is 63.9 Å². The summed E-state index contributed by atoms with van der Waals surface area (Å²) in [4.78, 5) is 18.3. The molecule has 0 aliphatic heterocycles. The highest BCUT2D eigenvalue weighted by atomic mass is 32.2. The molecule has 0 heterocycles. The molecule has 2 N–H and O–H groups in total. The Morgan fingerprint density at radius 2 is 1.93 bits per heavy atom. The van der Waals surface area contributed by atoms with Gasteiger partial charge in [-0.15, -0.1) is 0 Å². The highest BCUT2D eigenvalue weighted by Crippen LogP contribution is 2.73. The van der Waals surface area contributed by atoms with Crippen LogP contribution in [0.25, 0.3) is 0 Å². The zero-order valence-corrected chi connectivity index (χ0v) is 18.4. The van der Waals surface area contributed by atoms with Crippen molar-refractivity contribution in [3.05, 3.63) is 35.9 Å². The van der Waals surface area contributed by atoms with Crippen LogP contribution in [0.5, 0.6) is 0 Å². The lowest BCUT2D eigenvalue weighted by molar-refractivity contribution is -0.129. The smallest absolute Gasteiger partial charge is 0.251 e. The van der Waals surface area contributed by atoms with Gasteiger partial charge in [-0.3, -0.25) is 4.79 Å². The molecule has 5 unspecified atom stereocenters. The Labute approximate surface area is 179 Å². The second-order valence-corrected chi connectivity index (χ2v) is 11.6. The summed E-state index contributed by atoms with van der Waals surface area (Å²) in [7, 11) is 0. The van der Waals surface area contributed by atoms with E-state index in [2.05, 4.69) is 54.0 Å². The fourth-order valence-electron chi connectivity index (χ4n) is 7.33. The number of rotatable bonds is 5. The number of aliphatic imine (C=N–C) groups is 1. The van der Waals surface area contributed by atoms with Crippen LogP contribution in [0.3, 0.4) is 0 Å². The third-order valence-electron chi connectivity index (χ3n) is 8.51. The molecule has 0 aromatic heterocycles. The van der Waals surface area contributed by atoms with Crippen molar-refractivity contribution in [2.45, 2.75) is 75.0 Å². The predicted molar refractivity (Wildman–Crippen MR) is 121 cm³/mol. The molecular formula is C25H34N2OS. The molecule has 5 atom stereocenters. The van der Waals surface area contributed by atoms with Gasteiger partial charge in [0.2, 0.25) is 0 Å². The molecule has 5 aliphatic carbocycles. The number of carbonyl (C=O) groups excluding carboxylic acids is 1. The van der Waals surface area contributed by atoms with Crippen molar-refractivity contribution in [3.63, 3.8) is 0 Å². The molecule has 1 amide bonds. The second-order valence-electron chi connectivity index (χ2n) is 10.1. The van der Waals surface area contributed by atoms with Crippen molar-refractivity contribution >= 4 is 23.9 Å². The molecule has 5 aliphatic rings. The van der Waals surface area contributed by atoms with E-state index in [1.54, 1.807) is 0 Å². The Balaban J connectivity index is 1.41. The fourth-order valence-corrected chi connectivity index (χ4v) is 8.77. The van der Waals surface area contributed by atoms with Gasteiger partial charge in [-0.05, 0) is 85.9 Å². The van der Waals surface area contributed by atoms with Crippen molar-refractivity contribution < 1.29 is 4.79 Å². The maximum absolute atomic E-state index is 13.6. The predicted octanol–water partition coefficient (Wildman–Crippen LogP) is 4.98. The number of benzene rings is 1. The molecule has 0 radical (unpaired) electrons. The Bertz CT molecular complexity index is 787. The number of hydrogen-bond acceptors (Lipinski definition) is 3. The van der Waals surface area contributed by atoms with Gasteiger partial charge in [0.25, 0.3) is 5.91 Å². The minimum absolute atomic E-state index is 0.194. The number of hydrogen-bond donors (Lipinski definition) is 1. The lowest BCUT2D eigenvalue weighted by Crippen LogP contribution is -2.38. The molecule has 6 rings (SSSR count). The summed E-state index contributed by atoms with van der Waals surface area (Å²) in [6, 6.07) is 11.4. The van der Waals surface area contributed by atoms with E-state index < -0.39 is 0 Å². The van der Waals surface area contributed by atoms with Gasteiger partial charge in [-0.1, -0.05) is 37.3 Å². The molecule has 0 saturated heterocycles. The first-order chi connectivity index (χ1) is 14.1. The molecule has 1 aromatic carbocycles. The summed E-state index contributed by atoms with van der Waals surface area (Å²) in [6.07, 6.45) is 10.8. The number of amides is 1. The van der Waals surface area contributed by atoms with Crippen molar-refractivity contribution in [1.82, 2.24) is 0 Å². The van der Waals surface area contributed by atoms with E-state index in [1.807, 2.05) is 6.21 Å². The maximum Gasteiger partial charge on any atom is 0.251 e. The van der Waals surface area contributed by atoms with Crippen LogP contribution in [-0.4, -0.2) is 29.2 Å². The summed E-state index contributed by atoms with van der Waals surface area (Å²) in [5.41, 5.74) is 7.48. The zero-order valence-electron chi connectivity index (χ0n) is 17.6. The first-order valence-electron chi connectivity index (χ1n) is 11.6. The summed E-state index contributed by atoms with van der Waals surface area (Å²) in [6.45, 7) is 2.26. The highest BCUT2D eigenvalue weighted by molar-refractivity contribution is 7.99. The van der Waals surface area contributed by atoms with E-state index in [9.17, 15) is 4.79 Å². The Hall–Kier alpha value is -1.13. The molecule has 5 saturated carbocycles. The number of nitrogens with two attached hydrogens (primary N) is 1. The van der Waals surface area contributed by atoms with E-state index in [0.29, 0.717) is 29.0 Å². The average Bonchev–Trinajstić information content (AvgIpc) is 3.11. The molecule has 4 bridgehead atoms. The molecule has 4 heteroatoms. The summed E-state index contributed by atoms with van der Waals surface area (Å²) < 4.78 is 0. The topological polar surface area (TPSA) is 55.5 Å². The van der Waals surface area contributed by atoms with Crippen molar-refractivity contribution in [1.29, 1.82) is 0 Å². The van der Waals surface area contributed by atoms with E-state index >= 15 is 0 Å². The fraction of sp³-hybridized carbons (Fsp3) is 0.680. The summed E-state index contributed by atoms with van der Waals surface area (Å²) in [5.74, 6) is 2.94. The summed E-state index contributed by atoms with van der Waals surface area (Å²) >= 11 is 2.10. The molecule has 3 nitrogen and oxygen atoms in total. The average molecular weight is 411 g/mol. The van der Waals surface area contributed by atoms with Crippen LogP contribution in [0.2, 0.25) is 0 Å². The highest BCUT2D eigenvalue weighted by Gasteiger charge is 2.70. The van der Waals surface area contributed by atoms with E-state index in [4.69, 9.17) is 5.73 Å². The lowest BCUT2D eigenvalue weighted by atomic mass is 9.63. The van der Waals surface area contributed by atoms with Gasteiger partial charge >= 0.3 is 0 Å². The van der Waals surface area contributed by atoms with E-state index in [1.165, 1.54) is 18.4 Å². The normalized spacial score (nSPS) is 43.3. The molecule has 5 fully saturated rings. The molecule has 29 heavy (non-hydrogen) atoms. The van der Waals surface area contributed by atoms with Gasteiger partial charge in [-0.2, -0.15) is 11.8 Å². The molecule has 156 valence electrons. The third-order valence-corrected chi connectivity index (χ3v) is 9.94. The number of carbonyl (C=O) groups is 1. The lowest BCUT2D eigenvalue weighted by Gasteiger charge is -2.42. The van der Waals surface area contributed by atoms with Crippen molar-refractivity contribution in [2.75, 3.05) is 5.75 Å². The maximum atomic E-state index is 13.6. The third kappa shape index (κ3) is 3.22.